The van der Waals surface area contributed by atoms with E-state index in [0.29, 0.717) is 22.7 Å². The molecule has 1 aliphatic heterocycles. The van der Waals surface area contributed by atoms with Crippen LogP contribution in [0.3, 0.4) is 0 Å². The summed E-state index contributed by atoms with van der Waals surface area (Å²) in [4.78, 5) is 37.7. The highest BCUT2D eigenvalue weighted by molar-refractivity contribution is 5.99. The van der Waals surface area contributed by atoms with E-state index in [2.05, 4.69) is 4.74 Å². The zero-order valence-corrected chi connectivity index (χ0v) is 15.0. The molecule has 2 aromatic carbocycles. The Balaban J connectivity index is 1.64. The molecule has 0 saturated carbocycles. The van der Waals surface area contributed by atoms with Crippen LogP contribution in [-0.4, -0.2) is 38.6 Å². The number of rotatable bonds is 5. The van der Waals surface area contributed by atoms with E-state index in [4.69, 9.17) is 9.47 Å². The number of anilines is 1. The van der Waals surface area contributed by atoms with Gasteiger partial charge in [0.15, 0.2) is 0 Å². The number of hydrogen-bond acceptors (Lipinski definition) is 6. The fraction of sp³-hybridized carbons (Fsp3) is 0.250. The SMILES string of the molecule is COC(=O)c1ccc(OC(=O)[C@@H]2CC(=O)N(c3ccc(OC)cc3)C2)cc1. The lowest BCUT2D eigenvalue weighted by atomic mass is 10.1. The molecule has 1 heterocycles. The van der Waals surface area contributed by atoms with Crippen LogP contribution in [0, 0.1) is 5.92 Å². The van der Waals surface area contributed by atoms with Crippen molar-refractivity contribution in [1.29, 1.82) is 0 Å². The van der Waals surface area contributed by atoms with Gasteiger partial charge in [-0.3, -0.25) is 9.59 Å². The van der Waals surface area contributed by atoms with E-state index < -0.39 is 17.9 Å². The third-order valence-corrected chi connectivity index (χ3v) is 4.34. The van der Waals surface area contributed by atoms with Crippen molar-refractivity contribution in [2.75, 3.05) is 25.7 Å². The van der Waals surface area contributed by atoms with Gasteiger partial charge in [-0.25, -0.2) is 4.79 Å². The summed E-state index contributed by atoms with van der Waals surface area (Å²) in [6, 6.07) is 13.1. The normalized spacial score (nSPS) is 16.1. The average Bonchev–Trinajstić information content (AvgIpc) is 3.10. The Morgan fingerprint density at radius 1 is 0.963 bits per heavy atom. The predicted octanol–water partition coefficient (Wildman–Crippen LogP) is 2.44. The summed E-state index contributed by atoms with van der Waals surface area (Å²) in [7, 11) is 2.86. The van der Waals surface area contributed by atoms with Crippen molar-refractivity contribution < 1.29 is 28.6 Å². The summed E-state index contributed by atoms with van der Waals surface area (Å²) < 4.78 is 15.1. The molecule has 1 fully saturated rings. The quantitative estimate of drug-likeness (QED) is 0.595. The molecule has 27 heavy (non-hydrogen) atoms. The van der Waals surface area contributed by atoms with Gasteiger partial charge in [-0.05, 0) is 48.5 Å². The van der Waals surface area contributed by atoms with E-state index >= 15 is 0 Å². The summed E-state index contributed by atoms with van der Waals surface area (Å²) in [5.41, 5.74) is 1.07. The number of amides is 1. The van der Waals surface area contributed by atoms with Crippen molar-refractivity contribution in [3.63, 3.8) is 0 Å². The molecular formula is C20H19NO6. The molecule has 0 aliphatic carbocycles. The highest BCUT2D eigenvalue weighted by Gasteiger charge is 2.36. The minimum atomic E-state index is -0.556. The second kappa shape index (κ2) is 7.90. The Kier molecular flexibility index (Phi) is 5.40. The Hall–Kier alpha value is -3.35. The molecule has 0 bridgehead atoms. The van der Waals surface area contributed by atoms with Crippen LogP contribution in [0.4, 0.5) is 5.69 Å². The van der Waals surface area contributed by atoms with Crippen LogP contribution in [0.2, 0.25) is 0 Å². The van der Waals surface area contributed by atoms with Gasteiger partial charge in [0.1, 0.15) is 11.5 Å². The van der Waals surface area contributed by atoms with Gasteiger partial charge < -0.3 is 19.1 Å². The number of hydrogen-bond donors (Lipinski definition) is 0. The number of esters is 2. The van der Waals surface area contributed by atoms with E-state index in [9.17, 15) is 14.4 Å². The van der Waals surface area contributed by atoms with Crippen molar-refractivity contribution in [3.8, 4) is 11.5 Å². The predicted molar refractivity (Wildman–Crippen MR) is 96.9 cm³/mol. The fourth-order valence-electron chi connectivity index (χ4n) is 2.85. The van der Waals surface area contributed by atoms with Gasteiger partial charge in [0, 0.05) is 18.7 Å². The summed E-state index contributed by atoms with van der Waals surface area (Å²) in [6.45, 7) is 0.254. The summed E-state index contributed by atoms with van der Waals surface area (Å²) in [5, 5.41) is 0. The Morgan fingerprint density at radius 3 is 2.19 bits per heavy atom. The van der Waals surface area contributed by atoms with Crippen LogP contribution in [-0.2, 0) is 14.3 Å². The lowest BCUT2D eigenvalue weighted by Gasteiger charge is -2.16. The van der Waals surface area contributed by atoms with Crippen molar-refractivity contribution >= 4 is 23.5 Å². The van der Waals surface area contributed by atoms with Gasteiger partial charge >= 0.3 is 11.9 Å². The number of ether oxygens (including phenoxy) is 3. The number of carbonyl (C=O) groups is 3. The standard InChI is InChI=1S/C20H19NO6/c1-25-16-9-5-15(6-10-16)21-12-14(11-18(21)22)20(24)27-17-7-3-13(4-8-17)19(23)26-2/h3-10,14H,11-12H2,1-2H3/t14-/m1/s1. The molecule has 0 aromatic heterocycles. The van der Waals surface area contributed by atoms with Crippen molar-refractivity contribution in [2.24, 2.45) is 5.92 Å². The van der Waals surface area contributed by atoms with Gasteiger partial charge in [-0.2, -0.15) is 0 Å². The van der Waals surface area contributed by atoms with Crippen LogP contribution in [0.1, 0.15) is 16.8 Å². The van der Waals surface area contributed by atoms with E-state index in [1.54, 1.807) is 36.3 Å². The maximum absolute atomic E-state index is 12.4. The molecule has 0 radical (unpaired) electrons. The lowest BCUT2D eigenvalue weighted by Crippen LogP contribution is -2.27. The molecular weight excluding hydrogens is 350 g/mol. The van der Waals surface area contributed by atoms with Crippen molar-refractivity contribution in [2.45, 2.75) is 6.42 Å². The molecule has 0 N–H and O–H groups in total. The van der Waals surface area contributed by atoms with E-state index in [-0.39, 0.29) is 18.9 Å². The molecule has 0 unspecified atom stereocenters. The largest absolute Gasteiger partial charge is 0.497 e. The summed E-state index contributed by atoms with van der Waals surface area (Å²) in [5.74, 6) is -0.641. The average molecular weight is 369 g/mol. The van der Waals surface area contributed by atoms with Gasteiger partial charge in [0.2, 0.25) is 5.91 Å². The second-order valence-corrected chi connectivity index (χ2v) is 6.04. The fourth-order valence-corrected chi connectivity index (χ4v) is 2.85. The molecule has 1 atom stereocenters. The minimum Gasteiger partial charge on any atom is -0.497 e. The van der Waals surface area contributed by atoms with Crippen LogP contribution < -0.4 is 14.4 Å². The first-order chi connectivity index (χ1) is 13.0. The molecule has 7 nitrogen and oxygen atoms in total. The smallest absolute Gasteiger partial charge is 0.337 e. The number of carbonyl (C=O) groups excluding carboxylic acids is 3. The lowest BCUT2D eigenvalue weighted by molar-refractivity contribution is -0.139. The molecule has 140 valence electrons. The van der Waals surface area contributed by atoms with Gasteiger partial charge in [0.25, 0.3) is 0 Å². The maximum atomic E-state index is 12.4. The second-order valence-electron chi connectivity index (χ2n) is 6.04. The van der Waals surface area contributed by atoms with Crippen LogP contribution in [0.15, 0.2) is 48.5 Å². The monoisotopic (exact) mass is 369 g/mol. The third kappa shape index (κ3) is 4.08. The number of benzene rings is 2. The zero-order chi connectivity index (χ0) is 19.4. The Morgan fingerprint density at radius 2 is 1.59 bits per heavy atom. The topological polar surface area (TPSA) is 82.1 Å². The van der Waals surface area contributed by atoms with Crippen LogP contribution in [0.25, 0.3) is 0 Å². The van der Waals surface area contributed by atoms with E-state index in [1.165, 1.54) is 31.4 Å². The molecule has 3 rings (SSSR count). The van der Waals surface area contributed by atoms with Crippen LogP contribution in [0.5, 0.6) is 11.5 Å². The van der Waals surface area contributed by atoms with Gasteiger partial charge in [-0.1, -0.05) is 0 Å². The summed E-state index contributed by atoms with van der Waals surface area (Å²) in [6.07, 6.45) is 0.0884. The highest BCUT2D eigenvalue weighted by atomic mass is 16.5. The molecule has 1 aliphatic rings. The number of nitrogens with zero attached hydrogens (tertiary/aromatic N) is 1. The molecule has 1 amide bonds. The first-order valence-corrected chi connectivity index (χ1v) is 8.36. The number of methoxy groups -OCH3 is 2. The zero-order valence-electron chi connectivity index (χ0n) is 15.0. The van der Waals surface area contributed by atoms with Gasteiger partial charge in [0.05, 0.1) is 25.7 Å². The first kappa shape index (κ1) is 18.4. The molecule has 2 aromatic rings. The van der Waals surface area contributed by atoms with E-state index in [0.717, 1.165) is 0 Å². The van der Waals surface area contributed by atoms with Crippen molar-refractivity contribution in [1.82, 2.24) is 0 Å². The summed E-state index contributed by atoms with van der Waals surface area (Å²) >= 11 is 0. The van der Waals surface area contributed by atoms with E-state index in [1.807, 2.05) is 0 Å². The molecule has 7 heteroatoms. The van der Waals surface area contributed by atoms with Gasteiger partial charge in [-0.15, -0.1) is 0 Å². The molecule has 1 saturated heterocycles. The van der Waals surface area contributed by atoms with Crippen LogP contribution >= 0.6 is 0 Å². The first-order valence-electron chi connectivity index (χ1n) is 8.36. The molecule has 0 spiro atoms. The Bertz CT molecular complexity index is 844. The third-order valence-electron chi connectivity index (χ3n) is 4.34. The van der Waals surface area contributed by atoms with Crippen molar-refractivity contribution in [3.05, 3.63) is 54.1 Å². The Labute approximate surface area is 156 Å². The maximum Gasteiger partial charge on any atom is 0.337 e. The minimum absolute atomic E-state index is 0.0884. The highest BCUT2D eigenvalue weighted by Crippen LogP contribution is 2.28.